The standard InChI is InChI=1S/C20H26N6O/c1-13-7-19(8-14(2)20(13)9-21)27-12-15(3)26(11-18-10-22-25-23-18)24-16(4)17-5-6-17/h7-8,10,12,17,22-23,25H,5-6,11H2,1-4H3/b15-12+,24-16+. The molecule has 0 bridgehead atoms. The van der Waals surface area contributed by atoms with Crippen molar-refractivity contribution in [1.82, 2.24) is 21.4 Å². The van der Waals surface area contributed by atoms with Gasteiger partial charge >= 0.3 is 0 Å². The molecule has 142 valence electrons. The Bertz CT molecular complexity index is 822. The number of nitrogens with one attached hydrogen (secondary N) is 3. The van der Waals surface area contributed by atoms with Gasteiger partial charge in [-0.15, -0.1) is 0 Å². The fraction of sp³-hybridized carbons (Fsp3) is 0.400. The van der Waals surface area contributed by atoms with Gasteiger partial charge in [0.25, 0.3) is 0 Å². The van der Waals surface area contributed by atoms with Crippen molar-refractivity contribution in [3.8, 4) is 11.8 Å². The largest absolute Gasteiger partial charge is 0.463 e. The van der Waals surface area contributed by atoms with Gasteiger partial charge in [0.1, 0.15) is 12.0 Å². The van der Waals surface area contributed by atoms with E-state index in [-0.39, 0.29) is 0 Å². The zero-order valence-corrected chi connectivity index (χ0v) is 16.3. The highest BCUT2D eigenvalue weighted by atomic mass is 16.5. The van der Waals surface area contributed by atoms with E-state index < -0.39 is 0 Å². The fourth-order valence-corrected chi connectivity index (χ4v) is 2.92. The predicted octanol–water partition coefficient (Wildman–Crippen LogP) is 2.96. The zero-order chi connectivity index (χ0) is 19.4. The van der Waals surface area contributed by atoms with Crippen LogP contribution in [0, 0.1) is 31.1 Å². The van der Waals surface area contributed by atoms with Gasteiger partial charge in [0.2, 0.25) is 0 Å². The molecule has 27 heavy (non-hydrogen) atoms. The van der Waals surface area contributed by atoms with Crippen LogP contribution >= 0.6 is 0 Å². The molecular formula is C20H26N6O. The number of benzene rings is 1. The Kier molecular flexibility index (Phi) is 5.67. The smallest absolute Gasteiger partial charge is 0.127 e. The number of hydrazone groups is 1. The number of hydrogen-bond donors (Lipinski definition) is 3. The third-order valence-corrected chi connectivity index (χ3v) is 4.70. The van der Waals surface area contributed by atoms with Crippen LogP contribution < -0.4 is 21.1 Å². The van der Waals surface area contributed by atoms with Crippen LogP contribution in [0.5, 0.6) is 5.75 Å². The van der Waals surface area contributed by atoms with E-state index in [1.165, 1.54) is 12.8 Å². The van der Waals surface area contributed by atoms with Crippen LogP contribution in [0.1, 0.15) is 43.4 Å². The van der Waals surface area contributed by atoms with E-state index in [1.54, 1.807) is 6.26 Å². The average molecular weight is 366 g/mol. The lowest BCUT2D eigenvalue weighted by Gasteiger charge is -2.21. The summed E-state index contributed by atoms with van der Waals surface area (Å²) in [7, 11) is 0. The predicted molar refractivity (Wildman–Crippen MR) is 105 cm³/mol. The topological polar surface area (TPSA) is 84.7 Å². The normalized spacial score (nSPS) is 16.9. The summed E-state index contributed by atoms with van der Waals surface area (Å²) in [6.45, 7) is 8.50. The van der Waals surface area contributed by atoms with E-state index in [2.05, 4.69) is 29.4 Å². The Balaban J connectivity index is 1.77. The first kappa shape index (κ1) is 18.8. The molecule has 3 N–H and O–H groups in total. The van der Waals surface area contributed by atoms with Gasteiger partial charge in [-0.1, -0.05) is 0 Å². The number of hydrazine groups is 2. The van der Waals surface area contributed by atoms with E-state index in [4.69, 9.17) is 9.84 Å². The average Bonchev–Trinajstić information content (AvgIpc) is 3.36. The quantitative estimate of drug-likeness (QED) is 0.391. The molecule has 7 heteroatoms. The second-order valence-corrected chi connectivity index (χ2v) is 7.06. The first-order chi connectivity index (χ1) is 13.0. The molecule has 0 unspecified atom stereocenters. The maximum absolute atomic E-state index is 9.20. The van der Waals surface area contributed by atoms with Gasteiger partial charge in [0.15, 0.2) is 0 Å². The number of hydrogen-bond acceptors (Lipinski definition) is 7. The highest BCUT2D eigenvalue weighted by Crippen LogP contribution is 2.31. The molecular weight excluding hydrogens is 340 g/mol. The molecule has 0 amide bonds. The first-order valence-electron chi connectivity index (χ1n) is 9.11. The second kappa shape index (κ2) is 8.14. The molecule has 0 spiro atoms. The highest BCUT2D eigenvalue weighted by Gasteiger charge is 2.25. The summed E-state index contributed by atoms with van der Waals surface area (Å²) in [6, 6.07) is 5.99. The molecule has 0 atom stereocenters. The maximum atomic E-state index is 9.20. The lowest BCUT2D eigenvalue weighted by atomic mass is 10.0. The Hall–Kier alpha value is -2.98. The van der Waals surface area contributed by atoms with E-state index in [0.717, 1.165) is 28.2 Å². The molecule has 3 rings (SSSR count). The van der Waals surface area contributed by atoms with Gasteiger partial charge in [0.05, 0.1) is 29.6 Å². The first-order valence-corrected chi connectivity index (χ1v) is 9.11. The van der Waals surface area contributed by atoms with Crippen molar-refractivity contribution in [2.75, 3.05) is 6.54 Å². The van der Waals surface area contributed by atoms with Crippen molar-refractivity contribution in [2.24, 2.45) is 11.0 Å². The minimum absolute atomic E-state index is 0.598. The van der Waals surface area contributed by atoms with E-state index in [0.29, 0.717) is 23.8 Å². The van der Waals surface area contributed by atoms with Gasteiger partial charge in [-0.25, -0.2) is 0 Å². The Morgan fingerprint density at radius 3 is 2.59 bits per heavy atom. The van der Waals surface area contributed by atoms with Crippen molar-refractivity contribution in [1.29, 1.82) is 5.26 Å². The minimum Gasteiger partial charge on any atom is -0.463 e. The molecule has 0 saturated heterocycles. The monoisotopic (exact) mass is 366 g/mol. The molecule has 1 fully saturated rings. The number of nitriles is 1. The number of aryl methyl sites for hydroxylation is 2. The van der Waals surface area contributed by atoms with Crippen molar-refractivity contribution in [3.05, 3.63) is 52.7 Å². The molecule has 1 aromatic carbocycles. The summed E-state index contributed by atoms with van der Waals surface area (Å²) in [6.07, 6.45) is 6.02. The Morgan fingerprint density at radius 1 is 1.33 bits per heavy atom. The molecule has 0 aromatic heterocycles. The van der Waals surface area contributed by atoms with Crippen LogP contribution in [0.25, 0.3) is 0 Å². The van der Waals surface area contributed by atoms with Gasteiger partial charge in [-0.05, 0) is 69.7 Å². The third kappa shape index (κ3) is 4.80. The van der Waals surface area contributed by atoms with Crippen molar-refractivity contribution >= 4 is 5.71 Å². The number of rotatable bonds is 7. The zero-order valence-electron chi connectivity index (χ0n) is 16.3. The Labute approximate surface area is 160 Å². The van der Waals surface area contributed by atoms with E-state index >= 15 is 0 Å². The Morgan fingerprint density at radius 2 is 2.04 bits per heavy atom. The summed E-state index contributed by atoms with van der Waals surface area (Å²) in [5.41, 5.74) is 14.4. The van der Waals surface area contributed by atoms with Crippen molar-refractivity contribution in [3.63, 3.8) is 0 Å². The number of nitrogens with zero attached hydrogens (tertiary/aromatic N) is 3. The summed E-state index contributed by atoms with van der Waals surface area (Å²) in [5, 5.41) is 15.9. The third-order valence-electron chi connectivity index (χ3n) is 4.70. The van der Waals surface area contributed by atoms with E-state index in [9.17, 15) is 5.26 Å². The molecule has 2 aliphatic rings. The molecule has 0 radical (unpaired) electrons. The van der Waals surface area contributed by atoms with Crippen LogP contribution in [-0.4, -0.2) is 17.3 Å². The molecule has 1 aliphatic carbocycles. The van der Waals surface area contributed by atoms with Crippen LogP contribution in [0.3, 0.4) is 0 Å². The minimum atomic E-state index is 0.598. The second-order valence-electron chi connectivity index (χ2n) is 7.06. The molecule has 1 heterocycles. The van der Waals surface area contributed by atoms with Crippen LogP contribution in [-0.2, 0) is 0 Å². The van der Waals surface area contributed by atoms with Crippen LogP contribution in [0.2, 0.25) is 0 Å². The summed E-state index contributed by atoms with van der Waals surface area (Å²) in [4.78, 5) is 0. The van der Waals surface area contributed by atoms with Crippen molar-refractivity contribution < 1.29 is 4.74 Å². The SMILES string of the molecule is C/C(=C\Oc1cc(C)c(C#N)c(C)c1)N(CC1=CNNN1)/N=C(\C)C1CC1. The number of allylic oxidation sites excluding steroid dienone is 1. The van der Waals surface area contributed by atoms with Crippen LogP contribution in [0.4, 0.5) is 0 Å². The number of ether oxygens (including phenoxy) is 1. The van der Waals surface area contributed by atoms with Crippen LogP contribution in [0.15, 0.2) is 41.1 Å². The molecule has 1 aliphatic heterocycles. The highest BCUT2D eigenvalue weighted by molar-refractivity contribution is 5.86. The molecule has 1 aromatic rings. The fourth-order valence-electron chi connectivity index (χ4n) is 2.92. The van der Waals surface area contributed by atoms with Gasteiger partial charge in [0, 0.05) is 11.9 Å². The molecule has 1 saturated carbocycles. The van der Waals surface area contributed by atoms with Gasteiger partial charge in [-0.2, -0.15) is 15.9 Å². The summed E-state index contributed by atoms with van der Waals surface area (Å²) >= 11 is 0. The lowest BCUT2D eigenvalue weighted by molar-refractivity contribution is 0.358. The summed E-state index contributed by atoms with van der Waals surface area (Å²) in [5.74, 6) is 1.32. The van der Waals surface area contributed by atoms with E-state index in [1.807, 2.05) is 44.1 Å². The van der Waals surface area contributed by atoms with Gasteiger partial charge < -0.3 is 15.6 Å². The maximum Gasteiger partial charge on any atom is 0.127 e. The van der Waals surface area contributed by atoms with Gasteiger partial charge in [-0.3, -0.25) is 5.01 Å². The van der Waals surface area contributed by atoms with Crippen molar-refractivity contribution in [2.45, 2.75) is 40.5 Å². The summed E-state index contributed by atoms with van der Waals surface area (Å²) < 4.78 is 5.88. The lowest BCUT2D eigenvalue weighted by Crippen LogP contribution is -2.34. The molecule has 7 nitrogen and oxygen atoms in total.